The Morgan fingerprint density at radius 2 is 1.79 bits per heavy atom. The summed E-state index contributed by atoms with van der Waals surface area (Å²) in [7, 11) is 0. The van der Waals surface area contributed by atoms with Gasteiger partial charge in [0.05, 0.1) is 5.69 Å². The van der Waals surface area contributed by atoms with Crippen molar-refractivity contribution in [2.75, 3.05) is 11.1 Å². The zero-order chi connectivity index (χ0) is 17.4. The molecule has 0 saturated heterocycles. The Morgan fingerprint density at radius 1 is 1.08 bits per heavy atom. The molecule has 1 N–H and O–H groups in total. The molecule has 2 aromatic rings. The van der Waals surface area contributed by atoms with Crippen LogP contribution >= 0.6 is 23.4 Å². The van der Waals surface area contributed by atoms with E-state index in [0.29, 0.717) is 10.6 Å². The Bertz CT molecular complexity index is 728. The molecular formula is C19H18ClNO2S. The van der Waals surface area contributed by atoms with Crippen molar-refractivity contribution >= 4 is 40.7 Å². The van der Waals surface area contributed by atoms with Gasteiger partial charge in [-0.1, -0.05) is 29.8 Å². The molecule has 0 saturated carbocycles. The van der Waals surface area contributed by atoms with E-state index >= 15 is 0 Å². The highest BCUT2D eigenvalue weighted by Gasteiger charge is 2.11. The van der Waals surface area contributed by atoms with Crippen LogP contribution in [0, 0.1) is 0 Å². The maximum atomic E-state index is 12.1. The standard InChI is InChI=1S/C19H18ClNO2S/c1-2-13-24-18-6-4-3-5-16(18)21-19(23)12-11-17(22)14-7-9-15(20)10-8-14/h2-10H,1,11-13H2,(H,21,23). The van der Waals surface area contributed by atoms with Crippen molar-refractivity contribution in [2.24, 2.45) is 0 Å². The molecular weight excluding hydrogens is 342 g/mol. The average Bonchev–Trinajstić information content (AvgIpc) is 2.59. The zero-order valence-corrected chi connectivity index (χ0v) is 14.7. The quantitative estimate of drug-likeness (QED) is 0.399. The lowest BCUT2D eigenvalue weighted by Gasteiger charge is -2.10. The van der Waals surface area contributed by atoms with E-state index in [4.69, 9.17) is 11.6 Å². The maximum Gasteiger partial charge on any atom is 0.224 e. The molecule has 0 spiro atoms. The number of anilines is 1. The minimum absolute atomic E-state index is 0.0730. The van der Waals surface area contributed by atoms with Gasteiger partial charge in [0, 0.05) is 34.1 Å². The molecule has 0 unspecified atom stereocenters. The Morgan fingerprint density at radius 3 is 2.50 bits per heavy atom. The molecule has 0 aliphatic heterocycles. The van der Waals surface area contributed by atoms with Crippen LogP contribution in [0.1, 0.15) is 23.2 Å². The molecule has 124 valence electrons. The molecule has 2 rings (SSSR count). The normalized spacial score (nSPS) is 10.2. The Labute approximate surface area is 151 Å². The van der Waals surface area contributed by atoms with E-state index in [2.05, 4.69) is 11.9 Å². The summed E-state index contributed by atoms with van der Waals surface area (Å²) in [6.07, 6.45) is 2.12. The van der Waals surface area contributed by atoms with Crippen molar-refractivity contribution < 1.29 is 9.59 Å². The van der Waals surface area contributed by atoms with Crippen LogP contribution in [0.4, 0.5) is 5.69 Å². The maximum absolute atomic E-state index is 12.1. The Hall–Kier alpha value is -2.04. The minimum Gasteiger partial charge on any atom is -0.325 e. The molecule has 3 nitrogen and oxygen atoms in total. The lowest BCUT2D eigenvalue weighted by molar-refractivity contribution is -0.116. The lowest BCUT2D eigenvalue weighted by Crippen LogP contribution is -2.14. The first-order valence-electron chi connectivity index (χ1n) is 7.51. The van der Waals surface area contributed by atoms with Crippen molar-refractivity contribution in [3.05, 3.63) is 71.8 Å². The summed E-state index contributed by atoms with van der Waals surface area (Å²) in [5.74, 6) is 0.516. The van der Waals surface area contributed by atoms with Crippen molar-refractivity contribution in [3.63, 3.8) is 0 Å². The average molecular weight is 360 g/mol. The van der Waals surface area contributed by atoms with Gasteiger partial charge in [-0.3, -0.25) is 9.59 Å². The van der Waals surface area contributed by atoms with E-state index < -0.39 is 0 Å². The number of Topliss-reactive ketones (excluding diaryl/α,β-unsaturated/α-hetero) is 1. The third-order valence-corrected chi connectivity index (χ3v) is 4.58. The fourth-order valence-electron chi connectivity index (χ4n) is 2.06. The molecule has 0 aromatic heterocycles. The van der Waals surface area contributed by atoms with Crippen molar-refractivity contribution in [1.29, 1.82) is 0 Å². The van der Waals surface area contributed by atoms with Crippen LogP contribution in [0.15, 0.2) is 66.1 Å². The molecule has 0 radical (unpaired) electrons. The number of ketones is 1. The number of hydrogen-bond donors (Lipinski definition) is 1. The summed E-state index contributed by atoms with van der Waals surface area (Å²) in [5.41, 5.74) is 1.32. The summed E-state index contributed by atoms with van der Waals surface area (Å²) < 4.78 is 0. The molecule has 0 aliphatic rings. The second-order valence-electron chi connectivity index (χ2n) is 5.07. The number of nitrogens with one attached hydrogen (secondary N) is 1. The molecule has 24 heavy (non-hydrogen) atoms. The van der Waals surface area contributed by atoms with E-state index in [9.17, 15) is 9.59 Å². The number of thioether (sulfide) groups is 1. The zero-order valence-electron chi connectivity index (χ0n) is 13.1. The third kappa shape index (κ3) is 5.55. The smallest absolute Gasteiger partial charge is 0.224 e. The molecule has 0 heterocycles. The predicted octanol–water partition coefficient (Wildman–Crippen LogP) is 5.22. The third-order valence-electron chi connectivity index (χ3n) is 3.26. The van der Waals surface area contributed by atoms with E-state index in [1.54, 1.807) is 36.0 Å². The molecule has 0 bridgehead atoms. The summed E-state index contributed by atoms with van der Waals surface area (Å²) >= 11 is 7.40. The first kappa shape index (κ1) is 18.3. The molecule has 0 atom stereocenters. The summed E-state index contributed by atoms with van der Waals surface area (Å²) in [6.45, 7) is 3.70. The first-order chi connectivity index (χ1) is 11.6. The van der Waals surface area contributed by atoms with Crippen LogP contribution in [-0.4, -0.2) is 17.4 Å². The van der Waals surface area contributed by atoms with Gasteiger partial charge in [-0.05, 0) is 36.4 Å². The van der Waals surface area contributed by atoms with Crippen LogP contribution < -0.4 is 5.32 Å². The number of rotatable bonds is 8. The molecule has 1 amide bonds. The van der Waals surface area contributed by atoms with E-state index in [1.807, 2.05) is 30.3 Å². The summed E-state index contributed by atoms with van der Waals surface area (Å²) in [6, 6.07) is 14.3. The highest BCUT2D eigenvalue weighted by molar-refractivity contribution is 7.99. The van der Waals surface area contributed by atoms with Gasteiger partial charge in [0.25, 0.3) is 0 Å². The highest BCUT2D eigenvalue weighted by atomic mass is 35.5. The number of carbonyl (C=O) groups is 2. The first-order valence-corrected chi connectivity index (χ1v) is 8.88. The van der Waals surface area contributed by atoms with Crippen LogP contribution in [0.2, 0.25) is 5.02 Å². The fraction of sp³-hybridized carbons (Fsp3) is 0.158. The van der Waals surface area contributed by atoms with Crippen LogP contribution in [0.5, 0.6) is 0 Å². The summed E-state index contributed by atoms with van der Waals surface area (Å²) in [4.78, 5) is 25.2. The van der Waals surface area contributed by atoms with Gasteiger partial charge in [0.15, 0.2) is 5.78 Å². The Balaban J connectivity index is 1.90. The number of benzene rings is 2. The fourth-order valence-corrected chi connectivity index (χ4v) is 2.94. The number of hydrogen-bond acceptors (Lipinski definition) is 3. The minimum atomic E-state index is -0.177. The predicted molar refractivity (Wildman–Crippen MR) is 101 cm³/mol. The van der Waals surface area contributed by atoms with Crippen molar-refractivity contribution in [1.82, 2.24) is 0 Å². The number of amides is 1. The van der Waals surface area contributed by atoms with Crippen LogP contribution in [-0.2, 0) is 4.79 Å². The monoisotopic (exact) mass is 359 g/mol. The second kappa shape index (κ2) is 9.30. The topological polar surface area (TPSA) is 46.2 Å². The molecule has 0 fully saturated rings. The Kier molecular flexibility index (Phi) is 7.09. The van der Waals surface area contributed by atoms with Gasteiger partial charge in [0.1, 0.15) is 0 Å². The van der Waals surface area contributed by atoms with Gasteiger partial charge in [-0.15, -0.1) is 18.3 Å². The highest BCUT2D eigenvalue weighted by Crippen LogP contribution is 2.27. The number of para-hydroxylation sites is 1. The van der Waals surface area contributed by atoms with Crippen molar-refractivity contribution in [3.8, 4) is 0 Å². The van der Waals surface area contributed by atoms with Crippen LogP contribution in [0.25, 0.3) is 0 Å². The van der Waals surface area contributed by atoms with Gasteiger partial charge in [-0.25, -0.2) is 0 Å². The largest absolute Gasteiger partial charge is 0.325 e. The number of halogens is 1. The molecule has 5 heteroatoms. The SMILES string of the molecule is C=CCSc1ccccc1NC(=O)CCC(=O)c1ccc(Cl)cc1. The van der Waals surface area contributed by atoms with E-state index in [1.165, 1.54) is 0 Å². The summed E-state index contributed by atoms with van der Waals surface area (Å²) in [5, 5.41) is 3.45. The molecule has 2 aromatic carbocycles. The van der Waals surface area contributed by atoms with Crippen LogP contribution in [0.3, 0.4) is 0 Å². The molecule has 0 aliphatic carbocycles. The van der Waals surface area contributed by atoms with E-state index in [0.717, 1.165) is 16.3 Å². The van der Waals surface area contributed by atoms with Crippen molar-refractivity contribution in [2.45, 2.75) is 17.7 Å². The van der Waals surface area contributed by atoms with Gasteiger partial charge >= 0.3 is 0 Å². The second-order valence-corrected chi connectivity index (χ2v) is 6.57. The van der Waals surface area contributed by atoms with Gasteiger partial charge in [-0.2, -0.15) is 0 Å². The van der Waals surface area contributed by atoms with E-state index in [-0.39, 0.29) is 24.5 Å². The lowest BCUT2D eigenvalue weighted by atomic mass is 10.1. The van der Waals surface area contributed by atoms with Gasteiger partial charge < -0.3 is 5.32 Å². The number of carbonyl (C=O) groups excluding carboxylic acids is 2. The van der Waals surface area contributed by atoms with Gasteiger partial charge in [0.2, 0.25) is 5.91 Å².